The number of amides is 1. The van der Waals surface area contributed by atoms with Crippen LogP contribution in [-0.2, 0) is 27.3 Å². The molecule has 1 aliphatic heterocycles. The van der Waals surface area contributed by atoms with E-state index >= 15 is 0 Å². The molecule has 0 unspecified atom stereocenters. The Kier molecular flexibility index (Phi) is 6.84. The third kappa shape index (κ3) is 4.99. The number of fused-ring (bicyclic) bond motifs is 1. The van der Waals surface area contributed by atoms with Crippen molar-refractivity contribution in [3.63, 3.8) is 0 Å². The van der Waals surface area contributed by atoms with Crippen LogP contribution in [0.1, 0.15) is 24.5 Å². The van der Waals surface area contributed by atoms with Gasteiger partial charge < -0.3 is 9.53 Å². The van der Waals surface area contributed by atoms with Crippen molar-refractivity contribution in [1.82, 2.24) is 14.9 Å². The van der Waals surface area contributed by atoms with Gasteiger partial charge in [0.25, 0.3) is 0 Å². The van der Waals surface area contributed by atoms with E-state index in [0.29, 0.717) is 6.61 Å². The molecule has 0 spiro atoms. The predicted molar refractivity (Wildman–Crippen MR) is 107 cm³/mol. The van der Waals surface area contributed by atoms with Crippen LogP contribution >= 0.6 is 0 Å². The molecule has 2 aromatic heterocycles. The van der Waals surface area contributed by atoms with Crippen molar-refractivity contribution in [3.8, 4) is 11.1 Å². The van der Waals surface area contributed by atoms with Crippen LogP contribution in [0.5, 0.6) is 0 Å². The smallest absolute Gasteiger partial charge is 0.225 e. The molecule has 2 aromatic rings. The molecule has 3 heterocycles. The lowest BCUT2D eigenvalue weighted by Gasteiger charge is -2.27. The standard InChI is InChI=1S/C21H26N4O3/c1-16(27)25-5-3-4-18-11-20(14-23-21(18)25)19-10-17(12-22-13-19)15-24(2)6-8-28-9-7-26/h7,10-14H,3-6,8-9,15H2,1-2H3. The molecule has 1 amide bonds. The predicted octanol–water partition coefficient (Wildman–Crippen LogP) is 2.09. The third-order valence-electron chi connectivity index (χ3n) is 4.79. The van der Waals surface area contributed by atoms with E-state index in [-0.39, 0.29) is 12.5 Å². The Labute approximate surface area is 165 Å². The highest BCUT2D eigenvalue weighted by Crippen LogP contribution is 2.29. The highest BCUT2D eigenvalue weighted by molar-refractivity contribution is 5.91. The van der Waals surface area contributed by atoms with Crippen molar-refractivity contribution in [2.75, 3.05) is 38.3 Å². The first-order valence-corrected chi connectivity index (χ1v) is 9.49. The zero-order chi connectivity index (χ0) is 19.9. The Morgan fingerprint density at radius 3 is 2.89 bits per heavy atom. The molecule has 0 aliphatic carbocycles. The number of carbonyl (C=O) groups excluding carboxylic acids is 2. The molecule has 0 saturated heterocycles. The molecule has 0 N–H and O–H groups in total. The largest absolute Gasteiger partial charge is 0.373 e. The second-order valence-electron chi connectivity index (χ2n) is 7.04. The number of hydrogen-bond donors (Lipinski definition) is 0. The van der Waals surface area contributed by atoms with Crippen molar-refractivity contribution >= 4 is 18.0 Å². The topological polar surface area (TPSA) is 75.6 Å². The van der Waals surface area contributed by atoms with E-state index in [1.165, 1.54) is 0 Å². The molecule has 0 atom stereocenters. The minimum Gasteiger partial charge on any atom is -0.373 e. The second-order valence-corrected chi connectivity index (χ2v) is 7.04. The number of aldehydes is 1. The molecular formula is C21H26N4O3. The van der Waals surface area contributed by atoms with Crippen molar-refractivity contribution < 1.29 is 14.3 Å². The van der Waals surface area contributed by atoms with Crippen molar-refractivity contribution in [2.45, 2.75) is 26.3 Å². The van der Waals surface area contributed by atoms with Crippen LogP contribution in [0.4, 0.5) is 5.82 Å². The zero-order valence-corrected chi connectivity index (χ0v) is 16.4. The number of nitrogens with zero attached hydrogens (tertiary/aromatic N) is 4. The lowest BCUT2D eigenvalue weighted by molar-refractivity contribution is -0.116. The first-order valence-electron chi connectivity index (χ1n) is 9.49. The summed E-state index contributed by atoms with van der Waals surface area (Å²) in [6.07, 6.45) is 8.15. The van der Waals surface area contributed by atoms with Crippen molar-refractivity contribution in [3.05, 3.63) is 41.9 Å². The molecule has 0 bridgehead atoms. The highest BCUT2D eigenvalue weighted by atomic mass is 16.5. The summed E-state index contributed by atoms with van der Waals surface area (Å²) in [5.41, 5.74) is 4.22. The number of aryl methyl sites for hydroxylation is 1. The van der Waals surface area contributed by atoms with Gasteiger partial charge in [-0.25, -0.2) is 4.98 Å². The fraction of sp³-hybridized carbons (Fsp3) is 0.429. The minimum atomic E-state index is 0.0324. The first-order chi connectivity index (χ1) is 13.6. The van der Waals surface area contributed by atoms with Gasteiger partial charge in [0, 0.05) is 56.3 Å². The SMILES string of the molecule is CC(=O)N1CCCc2cc(-c3cncc(CN(C)CCOCC=O)c3)cnc21. The summed E-state index contributed by atoms with van der Waals surface area (Å²) in [5, 5.41) is 0. The van der Waals surface area contributed by atoms with Crippen LogP contribution in [0.2, 0.25) is 0 Å². The number of ether oxygens (including phenoxy) is 1. The number of anilines is 1. The van der Waals surface area contributed by atoms with E-state index in [1.54, 1.807) is 11.8 Å². The molecule has 0 fully saturated rings. The molecule has 0 aromatic carbocycles. The van der Waals surface area contributed by atoms with E-state index in [9.17, 15) is 9.59 Å². The average molecular weight is 382 g/mol. The van der Waals surface area contributed by atoms with Gasteiger partial charge >= 0.3 is 0 Å². The van der Waals surface area contributed by atoms with Crippen molar-refractivity contribution in [2.24, 2.45) is 0 Å². The summed E-state index contributed by atoms with van der Waals surface area (Å²) in [4.78, 5) is 34.9. The number of pyridine rings is 2. The Morgan fingerprint density at radius 2 is 2.11 bits per heavy atom. The minimum absolute atomic E-state index is 0.0324. The molecule has 7 nitrogen and oxygen atoms in total. The number of aromatic nitrogens is 2. The number of carbonyl (C=O) groups is 2. The van der Waals surface area contributed by atoms with E-state index in [1.807, 2.05) is 25.6 Å². The fourth-order valence-electron chi connectivity index (χ4n) is 3.40. The summed E-state index contributed by atoms with van der Waals surface area (Å²) in [5.74, 6) is 0.812. The Balaban J connectivity index is 1.72. The summed E-state index contributed by atoms with van der Waals surface area (Å²) in [6, 6.07) is 4.24. The normalized spacial score (nSPS) is 13.5. The quantitative estimate of drug-likeness (QED) is 0.514. The highest BCUT2D eigenvalue weighted by Gasteiger charge is 2.21. The van der Waals surface area contributed by atoms with E-state index in [2.05, 4.69) is 27.0 Å². The molecule has 7 heteroatoms. The van der Waals surface area contributed by atoms with Crippen LogP contribution in [-0.4, -0.2) is 60.4 Å². The molecular weight excluding hydrogens is 356 g/mol. The molecule has 0 saturated carbocycles. The van der Waals surface area contributed by atoms with Gasteiger partial charge in [0.2, 0.25) is 5.91 Å². The maximum absolute atomic E-state index is 11.8. The molecule has 0 radical (unpaired) electrons. The number of rotatable bonds is 8. The summed E-state index contributed by atoms with van der Waals surface area (Å²) < 4.78 is 5.20. The van der Waals surface area contributed by atoms with Gasteiger partial charge in [0.15, 0.2) is 0 Å². The van der Waals surface area contributed by atoms with E-state index < -0.39 is 0 Å². The fourth-order valence-corrected chi connectivity index (χ4v) is 3.40. The van der Waals surface area contributed by atoms with E-state index in [0.717, 1.165) is 66.8 Å². The van der Waals surface area contributed by atoms with Gasteiger partial charge in [-0.1, -0.05) is 0 Å². The van der Waals surface area contributed by atoms with Crippen LogP contribution in [0, 0.1) is 0 Å². The monoisotopic (exact) mass is 382 g/mol. The van der Waals surface area contributed by atoms with E-state index in [4.69, 9.17) is 4.74 Å². The van der Waals surface area contributed by atoms with Crippen LogP contribution in [0.25, 0.3) is 11.1 Å². The van der Waals surface area contributed by atoms with Crippen LogP contribution in [0.15, 0.2) is 30.7 Å². The summed E-state index contributed by atoms with van der Waals surface area (Å²) >= 11 is 0. The second kappa shape index (κ2) is 9.52. The Hall–Kier alpha value is -2.64. The van der Waals surface area contributed by atoms with Gasteiger partial charge in [-0.15, -0.1) is 0 Å². The lowest BCUT2D eigenvalue weighted by Crippen LogP contribution is -2.34. The maximum atomic E-state index is 11.8. The zero-order valence-electron chi connectivity index (χ0n) is 16.4. The number of likely N-dealkylation sites (N-methyl/N-ethyl adjacent to an activating group) is 1. The molecule has 1 aliphatic rings. The summed E-state index contributed by atoms with van der Waals surface area (Å²) in [6.45, 7) is 4.44. The van der Waals surface area contributed by atoms with Gasteiger partial charge in [-0.2, -0.15) is 0 Å². The van der Waals surface area contributed by atoms with Crippen LogP contribution < -0.4 is 4.90 Å². The Bertz CT molecular complexity index is 840. The maximum Gasteiger partial charge on any atom is 0.225 e. The van der Waals surface area contributed by atoms with Gasteiger partial charge in [-0.05, 0) is 43.1 Å². The summed E-state index contributed by atoms with van der Waals surface area (Å²) in [7, 11) is 2.01. The van der Waals surface area contributed by atoms with Gasteiger partial charge in [0.05, 0.1) is 6.61 Å². The number of hydrogen-bond acceptors (Lipinski definition) is 6. The molecule has 3 rings (SSSR count). The third-order valence-corrected chi connectivity index (χ3v) is 4.79. The molecule has 28 heavy (non-hydrogen) atoms. The first kappa shape index (κ1) is 20.1. The van der Waals surface area contributed by atoms with Gasteiger partial charge in [-0.3, -0.25) is 19.6 Å². The average Bonchev–Trinajstić information content (AvgIpc) is 2.70. The van der Waals surface area contributed by atoms with Crippen molar-refractivity contribution in [1.29, 1.82) is 0 Å². The van der Waals surface area contributed by atoms with Gasteiger partial charge in [0.1, 0.15) is 18.7 Å². The lowest BCUT2D eigenvalue weighted by atomic mass is 10.0. The Morgan fingerprint density at radius 1 is 1.29 bits per heavy atom. The molecule has 148 valence electrons. The van der Waals surface area contributed by atoms with Crippen LogP contribution in [0.3, 0.4) is 0 Å².